The molecular weight excluding hydrogens is 875 g/mol. The zero-order valence-corrected chi connectivity index (χ0v) is 44.0. The van der Waals surface area contributed by atoms with E-state index in [0.717, 1.165) is 72.9 Å². The molecule has 352 valence electrons. The van der Waals surface area contributed by atoms with Gasteiger partial charge in [-0.1, -0.05) is 171 Å². The lowest BCUT2D eigenvalue weighted by Gasteiger charge is -2.24. The quantitative estimate of drug-likeness (QED) is 0.0959. The van der Waals surface area contributed by atoms with Crippen LogP contribution in [0.5, 0.6) is 28.7 Å². The Hall–Kier alpha value is -5.86. The Bertz CT molecular complexity index is 2890. The maximum absolute atomic E-state index is 6.99. The van der Waals surface area contributed by atoms with Gasteiger partial charge in [-0.2, -0.15) is 0 Å². The van der Waals surface area contributed by atoms with Crippen LogP contribution in [0.2, 0.25) is 0 Å². The van der Waals surface area contributed by atoms with Crippen LogP contribution in [0.1, 0.15) is 129 Å². The Labute approximate surface area is 409 Å². The molecule has 0 saturated carbocycles. The van der Waals surface area contributed by atoms with E-state index < -0.39 is 8.60 Å². The van der Waals surface area contributed by atoms with Crippen molar-refractivity contribution in [1.82, 2.24) is 0 Å². The Balaban J connectivity index is 0.000000250. The minimum atomic E-state index is -1.91. The number of hydrogen-bond acceptors (Lipinski definition) is 5. The van der Waals surface area contributed by atoms with E-state index in [1.54, 1.807) is 0 Å². The fourth-order valence-corrected chi connectivity index (χ4v) is 10.2. The molecule has 8 aromatic carbocycles. The highest BCUT2D eigenvalue weighted by molar-refractivity contribution is 7.43. The van der Waals surface area contributed by atoms with Crippen LogP contribution >= 0.6 is 17.6 Å². The monoisotopic (exact) mass is 942 g/mol. The van der Waals surface area contributed by atoms with Gasteiger partial charge >= 0.3 is 8.60 Å². The zero-order chi connectivity index (χ0) is 48.6. The fourth-order valence-electron chi connectivity index (χ4n) is 8.51. The van der Waals surface area contributed by atoms with E-state index in [1.807, 2.05) is 0 Å². The van der Waals surface area contributed by atoms with Crippen LogP contribution in [-0.2, 0) is 0 Å². The van der Waals surface area contributed by atoms with Gasteiger partial charge in [0.15, 0.2) is 0 Å². The van der Waals surface area contributed by atoms with E-state index in [9.17, 15) is 0 Å². The van der Waals surface area contributed by atoms with Crippen LogP contribution in [0, 0.1) is 34.6 Å². The summed E-state index contributed by atoms with van der Waals surface area (Å²) in [5.74, 6) is 5.58. The second-order valence-corrected chi connectivity index (χ2v) is 20.8. The van der Waals surface area contributed by atoms with Crippen molar-refractivity contribution in [3.8, 4) is 39.9 Å². The van der Waals surface area contributed by atoms with E-state index >= 15 is 0 Å². The summed E-state index contributed by atoms with van der Waals surface area (Å²) in [5, 5.41) is 4.65. The molecule has 0 bridgehead atoms. The molecule has 0 aromatic heterocycles. The van der Waals surface area contributed by atoms with Crippen molar-refractivity contribution in [2.75, 3.05) is 0 Å². The highest BCUT2D eigenvalue weighted by atomic mass is 31.2. The third kappa shape index (κ3) is 12.0. The topological polar surface area (TPSA) is 46.2 Å². The third-order valence-electron chi connectivity index (χ3n) is 12.3. The first-order chi connectivity index (χ1) is 32.6. The molecule has 0 heterocycles. The van der Waals surface area contributed by atoms with Crippen molar-refractivity contribution in [2.24, 2.45) is 0 Å². The lowest BCUT2D eigenvalue weighted by molar-refractivity contribution is 0.384. The maximum atomic E-state index is 6.99. The number of aryl methyl sites for hydroxylation is 5. The van der Waals surface area contributed by atoms with E-state index in [-0.39, 0.29) is 20.9 Å². The molecule has 0 unspecified atom stereocenters. The van der Waals surface area contributed by atoms with Crippen LogP contribution in [0.4, 0.5) is 0 Å². The molecule has 0 saturated heterocycles. The van der Waals surface area contributed by atoms with Crippen LogP contribution in [0.15, 0.2) is 146 Å². The molecular formula is C61H68O5P2. The van der Waals surface area contributed by atoms with Crippen molar-refractivity contribution >= 4 is 39.2 Å². The van der Waals surface area contributed by atoms with Gasteiger partial charge in [-0.3, -0.25) is 0 Å². The molecule has 0 aliphatic rings. The average Bonchev–Trinajstić information content (AvgIpc) is 3.29. The molecule has 8 aromatic rings. The minimum absolute atomic E-state index is 0.0420. The van der Waals surface area contributed by atoms with E-state index in [2.05, 4.69) is 236 Å². The van der Waals surface area contributed by atoms with Crippen LogP contribution in [0.25, 0.3) is 32.7 Å². The first kappa shape index (κ1) is 50.0. The highest BCUT2D eigenvalue weighted by Crippen LogP contribution is 2.51. The third-order valence-corrected chi connectivity index (χ3v) is 13.9. The fraction of sp³-hybridized carbons (Fsp3) is 0.279. The van der Waals surface area contributed by atoms with E-state index in [4.69, 9.17) is 22.6 Å². The molecule has 0 atom stereocenters. The molecule has 68 heavy (non-hydrogen) atoms. The standard InChI is InChI=1S/C41H41O3P.C20H27O2P/c1-26(2)33-21-16-28(5)24-38(33)43-45(44-39-25-29(6)17-22-34(39)27(3)4)42-37-23-20-32-13-9-11-15-36(32)41(37)40-30(7)18-19-31-12-8-10-14-35(31)40;1-13(2)17-9-7-15(5)11-19(17)21-23-22-20-12-16(6)8-10-18(20)14(3)4/h8-27H,1-7H3;7-14,23H,1-6H3. The Morgan fingerprint density at radius 2 is 0.706 bits per heavy atom. The largest absolute Gasteiger partial charge is 0.530 e. The maximum Gasteiger partial charge on any atom is 0.530 e. The Morgan fingerprint density at radius 1 is 0.353 bits per heavy atom. The second-order valence-electron chi connectivity index (χ2n) is 19.2. The van der Waals surface area contributed by atoms with Gasteiger partial charge in [-0.25, -0.2) is 0 Å². The Morgan fingerprint density at radius 3 is 1.13 bits per heavy atom. The van der Waals surface area contributed by atoms with Gasteiger partial charge in [0, 0.05) is 5.56 Å². The number of hydrogen-bond donors (Lipinski definition) is 0. The van der Waals surface area contributed by atoms with Gasteiger partial charge in [0.1, 0.15) is 28.7 Å². The van der Waals surface area contributed by atoms with Crippen LogP contribution < -0.4 is 22.6 Å². The van der Waals surface area contributed by atoms with Crippen molar-refractivity contribution in [1.29, 1.82) is 0 Å². The number of benzene rings is 8. The predicted octanol–water partition coefficient (Wildman–Crippen LogP) is 19.1. The van der Waals surface area contributed by atoms with Crippen molar-refractivity contribution < 1.29 is 22.6 Å². The molecule has 5 nitrogen and oxygen atoms in total. The summed E-state index contributed by atoms with van der Waals surface area (Å²) in [7, 11) is -1.95. The molecule has 0 fully saturated rings. The van der Waals surface area contributed by atoms with Gasteiger partial charge in [-0.15, -0.1) is 0 Å². The summed E-state index contributed by atoms with van der Waals surface area (Å²) < 4.78 is 32.5. The van der Waals surface area contributed by atoms with Gasteiger partial charge in [0.2, 0.25) is 0 Å². The normalized spacial score (nSPS) is 11.4. The van der Waals surface area contributed by atoms with Crippen molar-refractivity contribution in [3.05, 3.63) is 196 Å². The van der Waals surface area contributed by atoms with Crippen LogP contribution in [0.3, 0.4) is 0 Å². The van der Waals surface area contributed by atoms with Crippen LogP contribution in [-0.4, -0.2) is 0 Å². The van der Waals surface area contributed by atoms with E-state index in [1.165, 1.54) is 38.6 Å². The van der Waals surface area contributed by atoms with E-state index in [0.29, 0.717) is 11.8 Å². The molecule has 0 amide bonds. The summed E-state index contributed by atoms with van der Waals surface area (Å²) >= 11 is 0. The predicted molar refractivity (Wildman–Crippen MR) is 291 cm³/mol. The Kier molecular flexibility index (Phi) is 16.6. The summed E-state index contributed by atoms with van der Waals surface area (Å²) in [6, 6.07) is 51.1. The summed E-state index contributed by atoms with van der Waals surface area (Å²) in [4.78, 5) is 0. The lowest BCUT2D eigenvalue weighted by Crippen LogP contribution is -2.07. The molecule has 0 radical (unpaired) electrons. The van der Waals surface area contributed by atoms with Gasteiger partial charge < -0.3 is 22.6 Å². The molecule has 0 aliphatic heterocycles. The average molecular weight is 943 g/mol. The lowest BCUT2D eigenvalue weighted by atomic mass is 9.90. The van der Waals surface area contributed by atoms with Gasteiger partial charge in [0.25, 0.3) is 9.03 Å². The highest BCUT2D eigenvalue weighted by Gasteiger charge is 2.27. The molecule has 7 heteroatoms. The van der Waals surface area contributed by atoms with Gasteiger partial charge in [-0.05, 0) is 166 Å². The SMILES string of the molecule is Cc1ccc(C(C)C)c(OP(Oc2cc(C)ccc2C(C)C)Oc2ccc3ccccc3c2-c2c(C)ccc3ccccc23)c1.Cc1ccc(C(C)C)c(OPOc2cc(C)ccc2C(C)C)c1. The molecule has 0 N–H and O–H groups in total. The van der Waals surface area contributed by atoms with Crippen molar-refractivity contribution in [3.63, 3.8) is 0 Å². The first-order valence-electron chi connectivity index (χ1n) is 23.9. The smallest absolute Gasteiger partial charge is 0.440 e. The summed E-state index contributed by atoms with van der Waals surface area (Å²) in [5.41, 5.74) is 12.7. The zero-order valence-electron chi connectivity index (χ0n) is 42.2. The number of rotatable bonds is 15. The molecule has 0 aliphatic carbocycles. The van der Waals surface area contributed by atoms with Gasteiger partial charge in [0.05, 0.1) is 0 Å². The summed E-state index contributed by atoms with van der Waals surface area (Å²) in [6.07, 6.45) is 0. The summed E-state index contributed by atoms with van der Waals surface area (Å²) in [6.45, 7) is 28.0. The second kappa shape index (κ2) is 22.5. The number of fused-ring (bicyclic) bond motifs is 2. The molecule has 0 spiro atoms. The first-order valence-corrected chi connectivity index (χ1v) is 25.8. The minimum Gasteiger partial charge on any atom is -0.440 e. The van der Waals surface area contributed by atoms with Crippen molar-refractivity contribution in [2.45, 2.75) is 114 Å². The molecule has 8 rings (SSSR count).